The molecule has 1 N–H and O–H groups in total. The first-order valence-corrected chi connectivity index (χ1v) is 8.73. The van der Waals surface area contributed by atoms with Crippen molar-refractivity contribution in [1.29, 1.82) is 0 Å². The Kier molecular flexibility index (Phi) is 5.38. The van der Waals surface area contributed by atoms with Crippen molar-refractivity contribution >= 4 is 51.9 Å². The van der Waals surface area contributed by atoms with Gasteiger partial charge in [-0.2, -0.15) is 13.2 Å². The molecule has 2 heterocycles. The smallest absolute Gasteiger partial charge is 0.418 e. The van der Waals surface area contributed by atoms with Crippen molar-refractivity contribution in [2.45, 2.75) is 6.18 Å². The monoisotopic (exact) mass is 412 g/mol. The maximum Gasteiger partial charge on any atom is 0.418 e. The second-order valence-corrected chi connectivity index (χ2v) is 7.05. The molecule has 0 bridgehead atoms. The number of thiocarbonyl (C=S) groups is 1. The maximum atomic E-state index is 13.0. The minimum absolute atomic E-state index is 0.136. The Bertz CT molecular complexity index is 924. The Morgan fingerprint density at radius 2 is 2.00 bits per heavy atom. The summed E-state index contributed by atoms with van der Waals surface area (Å²) in [6.45, 7) is -0.494. The number of nitrogens with one attached hydrogen (secondary N) is 1. The van der Waals surface area contributed by atoms with Crippen LogP contribution in [-0.4, -0.2) is 27.6 Å². The van der Waals surface area contributed by atoms with Gasteiger partial charge in [-0.15, -0.1) is 0 Å². The van der Waals surface area contributed by atoms with Crippen molar-refractivity contribution in [1.82, 2.24) is 4.90 Å². The van der Waals surface area contributed by atoms with Crippen molar-refractivity contribution in [3.8, 4) is 0 Å². The summed E-state index contributed by atoms with van der Waals surface area (Å²) in [5, 5.41) is 2.19. The van der Waals surface area contributed by atoms with Gasteiger partial charge in [-0.25, -0.2) is 0 Å². The second-order valence-electron chi connectivity index (χ2n) is 5.37. The zero-order valence-electron chi connectivity index (χ0n) is 13.4. The van der Waals surface area contributed by atoms with Crippen LogP contribution < -0.4 is 5.32 Å². The van der Waals surface area contributed by atoms with E-state index in [1.807, 2.05) is 0 Å². The van der Waals surface area contributed by atoms with Gasteiger partial charge in [0.2, 0.25) is 5.91 Å². The Morgan fingerprint density at radius 1 is 1.26 bits per heavy atom. The molecule has 1 aliphatic rings. The molecule has 1 aromatic heterocycles. The van der Waals surface area contributed by atoms with Crippen LogP contribution in [0.1, 0.15) is 11.3 Å². The van der Waals surface area contributed by atoms with E-state index < -0.39 is 30.1 Å². The molecule has 0 aliphatic carbocycles. The summed E-state index contributed by atoms with van der Waals surface area (Å²) in [6, 6.07) is 7.89. The molecule has 1 aromatic carbocycles. The van der Waals surface area contributed by atoms with Crippen LogP contribution >= 0.6 is 24.0 Å². The van der Waals surface area contributed by atoms with Gasteiger partial charge in [-0.05, 0) is 24.3 Å². The van der Waals surface area contributed by atoms with E-state index in [9.17, 15) is 22.8 Å². The molecule has 1 fully saturated rings. The summed E-state index contributed by atoms with van der Waals surface area (Å²) in [6.07, 6.45) is -1.69. The first-order chi connectivity index (χ1) is 12.8. The highest BCUT2D eigenvalue weighted by molar-refractivity contribution is 8.26. The van der Waals surface area contributed by atoms with E-state index in [2.05, 4.69) is 5.32 Å². The summed E-state index contributed by atoms with van der Waals surface area (Å²) < 4.78 is 44.3. The number of alkyl halides is 3. The average molecular weight is 412 g/mol. The lowest BCUT2D eigenvalue weighted by Crippen LogP contribution is -2.36. The van der Waals surface area contributed by atoms with Gasteiger partial charge in [-0.3, -0.25) is 14.5 Å². The van der Waals surface area contributed by atoms with E-state index in [1.54, 1.807) is 12.1 Å². The minimum atomic E-state index is -4.61. The number of para-hydroxylation sites is 1. The molecular weight excluding hydrogens is 401 g/mol. The van der Waals surface area contributed by atoms with Crippen LogP contribution in [-0.2, 0) is 15.8 Å². The van der Waals surface area contributed by atoms with E-state index in [0.29, 0.717) is 5.76 Å². The van der Waals surface area contributed by atoms with Crippen LogP contribution in [0.5, 0.6) is 0 Å². The Morgan fingerprint density at radius 3 is 2.67 bits per heavy atom. The number of carbonyl (C=O) groups is 2. The van der Waals surface area contributed by atoms with Crippen LogP contribution in [0.25, 0.3) is 6.08 Å². The first-order valence-electron chi connectivity index (χ1n) is 7.50. The predicted molar refractivity (Wildman–Crippen MR) is 98.7 cm³/mol. The molecule has 140 valence electrons. The summed E-state index contributed by atoms with van der Waals surface area (Å²) in [5.74, 6) is -0.859. The maximum absolute atomic E-state index is 13.0. The fourth-order valence-electron chi connectivity index (χ4n) is 2.31. The minimum Gasteiger partial charge on any atom is -0.465 e. The third-order valence-electron chi connectivity index (χ3n) is 3.50. The highest BCUT2D eigenvalue weighted by Crippen LogP contribution is 2.35. The van der Waals surface area contributed by atoms with Gasteiger partial charge < -0.3 is 9.73 Å². The fourth-order valence-corrected chi connectivity index (χ4v) is 3.55. The number of nitrogens with zero attached hydrogens (tertiary/aromatic N) is 1. The van der Waals surface area contributed by atoms with E-state index in [-0.39, 0.29) is 14.9 Å². The van der Waals surface area contributed by atoms with Gasteiger partial charge in [0.05, 0.1) is 22.4 Å². The van der Waals surface area contributed by atoms with Crippen molar-refractivity contribution < 1.29 is 27.2 Å². The number of rotatable bonds is 4. The average Bonchev–Trinajstić information content (AvgIpc) is 3.19. The number of hydrogen-bond donors (Lipinski definition) is 1. The van der Waals surface area contributed by atoms with Gasteiger partial charge in [0.15, 0.2) is 0 Å². The zero-order chi connectivity index (χ0) is 19.6. The van der Waals surface area contributed by atoms with Crippen molar-refractivity contribution in [2.75, 3.05) is 11.9 Å². The molecule has 27 heavy (non-hydrogen) atoms. The summed E-state index contributed by atoms with van der Waals surface area (Å²) >= 11 is 6.08. The third-order valence-corrected chi connectivity index (χ3v) is 4.88. The van der Waals surface area contributed by atoms with Crippen molar-refractivity contribution in [3.63, 3.8) is 0 Å². The number of halogens is 3. The van der Waals surface area contributed by atoms with Crippen LogP contribution in [0, 0.1) is 0 Å². The standard InChI is InChI=1S/C17H11F3N2O3S2/c18-17(19,20)11-5-1-2-6-12(11)21-14(23)9-22-15(24)13(27-16(22)26)8-10-4-3-7-25-10/h1-8H,9H2,(H,21,23)/b13-8-. The summed E-state index contributed by atoms with van der Waals surface area (Å²) in [4.78, 5) is 25.9. The van der Waals surface area contributed by atoms with Crippen molar-refractivity contribution in [3.05, 3.63) is 58.9 Å². The van der Waals surface area contributed by atoms with Crippen molar-refractivity contribution in [2.24, 2.45) is 0 Å². The largest absolute Gasteiger partial charge is 0.465 e. The van der Waals surface area contributed by atoms with Gasteiger partial charge >= 0.3 is 6.18 Å². The van der Waals surface area contributed by atoms with Gasteiger partial charge in [0.25, 0.3) is 5.91 Å². The van der Waals surface area contributed by atoms with E-state index in [0.717, 1.165) is 28.8 Å². The quantitative estimate of drug-likeness (QED) is 0.604. The molecule has 2 amide bonds. The van der Waals surface area contributed by atoms with Crippen LogP contribution in [0.4, 0.5) is 18.9 Å². The normalized spacial score (nSPS) is 16.3. The summed E-state index contributed by atoms with van der Waals surface area (Å²) in [7, 11) is 0. The molecule has 2 aromatic rings. The highest BCUT2D eigenvalue weighted by atomic mass is 32.2. The number of amides is 2. The molecule has 0 saturated carbocycles. The molecule has 5 nitrogen and oxygen atoms in total. The van der Waals surface area contributed by atoms with Gasteiger partial charge in [-0.1, -0.05) is 36.1 Å². The number of carbonyl (C=O) groups excluding carboxylic acids is 2. The fraction of sp³-hybridized carbons (Fsp3) is 0.118. The second kappa shape index (κ2) is 7.57. The zero-order valence-corrected chi connectivity index (χ0v) is 15.1. The molecule has 3 rings (SSSR count). The Labute approximate surface area is 161 Å². The SMILES string of the molecule is O=C(CN1C(=O)/C(=C/c2ccco2)SC1=S)Nc1ccccc1C(F)(F)F. The topological polar surface area (TPSA) is 62.6 Å². The highest BCUT2D eigenvalue weighted by Gasteiger charge is 2.35. The number of anilines is 1. The lowest BCUT2D eigenvalue weighted by molar-refractivity contribution is -0.137. The lowest BCUT2D eigenvalue weighted by atomic mass is 10.1. The Balaban J connectivity index is 1.72. The number of furan rings is 1. The number of benzene rings is 1. The van der Waals surface area contributed by atoms with Gasteiger partial charge in [0, 0.05) is 6.08 Å². The van der Waals surface area contributed by atoms with Crippen LogP contribution in [0.3, 0.4) is 0 Å². The molecule has 10 heteroatoms. The van der Waals surface area contributed by atoms with E-state index >= 15 is 0 Å². The molecule has 1 aliphatic heterocycles. The number of hydrogen-bond acceptors (Lipinski definition) is 5. The Hall–Kier alpha value is -2.59. The molecule has 1 saturated heterocycles. The molecule has 0 atom stereocenters. The first kappa shape index (κ1) is 19.2. The number of thioether (sulfide) groups is 1. The van der Waals surface area contributed by atoms with E-state index in [1.165, 1.54) is 24.5 Å². The third kappa shape index (κ3) is 4.40. The predicted octanol–water partition coefficient (Wildman–Crippen LogP) is 4.14. The molecular formula is C17H11F3N2O3S2. The van der Waals surface area contributed by atoms with Gasteiger partial charge in [0.1, 0.15) is 16.6 Å². The van der Waals surface area contributed by atoms with E-state index in [4.69, 9.17) is 16.6 Å². The van der Waals surface area contributed by atoms with Crippen LogP contribution in [0.2, 0.25) is 0 Å². The summed E-state index contributed by atoms with van der Waals surface area (Å²) in [5.41, 5.74) is -1.35. The lowest BCUT2D eigenvalue weighted by Gasteiger charge is -2.16. The molecule has 0 radical (unpaired) electrons. The molecule has 0 spiro atoms. The molecule has 0 unspecified atom stereocenters. The van der Waals surface area contributed by atoms with Crippen LogP contribution in [0.15, 0.2) is 52.0 Å².